The third-order valence-electron chi connectivity index (χ3n) is 3.35. The minimum atomic E-state index is -0.554. The number of hydrogen-bond donors (Lipinski definition) is 0. The molecule has 0 spiro atoms. The minimum absolute atomic E-state index is 0.151. The number of nitrogens with zero attached hydrogens (tertiary/aromatic N) is 5. The van der Waals surface area contributed by atoms with Gasteiger partial charge in [0.15, 0.2) is 0 Å². The Balaban J connectivity index is 1.54. The quantitative estimate of drug-likeness (QED) is 0.366. The number of pyridine rings is 2. The summed E-state index contributed by atoms with van der Waals surface area (Å²) in [5.74, 6) is 0.847. The van der Waals surface area contributed by atoms with Crippen molar-refractivity contribution in [2.75, 3.05) is 6.61 Å². The van der Waals surface area contributed by atoms with Crippen LogP contribution in [0.1, 0.15) is 18.0 Å². The number of hydrogen-bond acceptors (Lipinski definition) is 8. The fraction of sp³-hybridized carbons (Fsp3) is 0.250. The van der Waals surface area contributed by atoms with E-state index in [0.29, 0.717) is 30.3 Å². The molecule has 0 saturated heterocycles. The van der Waals surface area contributed by atoms with Crippen molar-refractivity contribution in [3.05, 3.63) is 58.4 Å². The molecule has 3 aromatic heterocycles. The van der Waals surface area contributed by atoms with E-state index in [0.717, 1.165) is 5.56 Å². The molecule has 9 nitrogen and oxygen atoms in total. The molecular formula is C16H15N5O4. The zero-order valence-electron chi connectivity index (χ0n) is 13.5. The average molecular weight is 341 g/mol. The molecule has 0 aliphatic rings. The molecule has 0 aliphatic heterocycles. The molecule has 25 heavy (non-hydrogen) atoms. The van der Waals surface area contributed by atoms with E-state index < -0.39 is 4.92 Å². The first-order valence-electron chi connectivity index (χ1n) is 7.61. The van der Waals surface area contributed by atoms with Crippen LogP contribution in [0.25, 0.3) is 11.4 Å². The Bertz CT molecular complexity index is 866. The predicted molar refractivity (Wildman–Crippen MR) is 87.0 cm³/mol. The molecule has 0 fully saturated rings. The zero-order chi connectivity index (χ0) is 17.6. The van der Waals surface area contributed by atoms with Gasteiger partial charge >= 0.3 is 5.82 Å². The highest BCUT2D eigenvalue weighted by Gasteiger charge is 2.17. The number of nitro groups is 1. The molecular weight excluding hydrogens is 326 g/mol. The van der Waals surface area contributed by atoms with Gasteiger partial charge in [-0.25, -0.2) is 0 Å². The number of ether oxygens (including phenoxy) is 1. The summed E-state index contributed by atoms with van der Waals surface area (Å²) < 4.78 is 10.7. The lowest BCUT2D eigenvalue weighted by Gasteiger charge is -2.05. The molecule has 3 rings (SSSR count). The van der Waals surface area contributed by atoms with Crippen molar-refractivity contribution in [2.45, 2.75) is 19.8 Å². The maximum absolute atomic E-state index is 11.0. The van der Waals surface area contributed by atoms with Crippen molar-refractivity contribution in [1.29, 1.82) is 0 Å². The van der Waals surface area contributed by atoms with E-state index in [9.17, 15) is 10.1 Å². The summed E-state index contributed by atoms with van der Waals surface area (Å²) in [6.45, 7) is 1.96. The van der Waals surface area contributed by atoms with Gasteiger partial charge in [-0.2, -0.15) is 4.98 Å². The van der Waals surface area contributed by atoms with E-state index in [1.165, 1.54) is 0 Å². The first-order chi connectivity index (χ1) is 12.1. The first-order valence-corrected chi connectivity index (χ1v) is 7.61. The van der Waals surface area contributed by atoms with Gasteiger partial charge in [-0.05, 0) is 40.6 Å². The summed E-state index contributed by atoms with van der Waals surface area (Å²) >= 11 is 0. The van der Waals surface area contributed by atoms with Crippen molar-refractivity contribution in [2.24, 2.45) is 0 Å². The maximum Gasteiger partial charge on any atom is 0.406 e. The molecule has 0 aliphatic carbocycles. The van der Waals surface area contributed by atoms with Gasteiger partial charge in [0.2, 0.25) is 17.5 Å². The van der Waals surface area contributed by atoms with Crippen LogP contribution in [0.15, 0.2) is 41.2 Å². The van der Waals surface area contributed by atoms with Crippen LogP contribution < -0.4 is 4.74 Å². The molecule has 0 atom stereocenters. The summed E-state index contributed by atoms with van der Waals surface area (Å²) in [7, 11) is 0. The van der Waals surface area contributed by atoms with E-state index in [1.54, 1.807) is 43.6 Å². The van der Waals surface area contributed by atoms with E-state index >= 15 is 0 Å². The van der Waals surface area contributed by atoms with Crippen molar-refractivity contribution in [1.82, 2.24) is 20.1 Å². The molecule has 0 unspecified atom stereocenters. The Morgan fingerprint density at radius 1 is 1.20 bits per heavy atom. The van der Waals surface area contributed by atoms with Crippen LogP contribution in [0.2, 0.25) is 0 Å². The summed E-state index contributed by atoms with van der Waals surface area (Å²) in [6, 6.07) is 6.80. The van der Waals surface area contributed by atoms with Gasteiger partial charge in [0, 0.05) is 31.3 Å². The molecule has 0 radical (unpaired) electrons. The Hall–Kier alpha value is -3.36. The van der Waals surface area contributed by atoms with Crippen molar-refractivity contribution < 1.29 is 14.2 Å². The molecule has 3 heterocycles. The Morgan fingerprint density at radius 2 is 2.00 bits per heavy atom. The third-order valence-corrected chi connectivity index (χ3v) is 3.35. The lowest BCUT2D eigenvalue weighted by Crippen LogP contribution is -2.04. The standard InChI is InChI=1S/C16H15N5O4/c1-11-4-5-13(16(18-11)21(22)23)24-10-2-3-14-19-15(20-25-14)12-6-8-17-9-7-12/h4-9H,2-3,10H2,1H3. The van der Waals surface area contributed by atoms with Gasteiger partial charge in [0.25, 0.3) is 0 Å². The highest BCUT2D eigenvalue weighted by molar-refractivity contribution is 5.52. The molecule has 0 bridgehead atoms. The van der Waals surface area contributed by atoms with Crippen LogP contribution in [-0.4, -0.2) is 31.6 Å². The SMILES string of the molecule is Cc1ccc(OCCCc2nc(-c3ccncc3)no2)c([N+](=O)[O-])n1. The molecule has 3 aromatic rings. The van der Waals surface area contributed by atoms with Gasteiger partial charge in [0.1, 0.15) is 5.69 Å². The highest BCUT2D eigenvalue weighted by atomic mass is 16.6. The van der Waals surface area contributed by atoms with Crippen LogP contribution in [0, 0.1) is 17.0 Å². The second kappa shape index (κ2) is 7.47. The van der Waals surface area contributed by atoms with E-state index in [2.05, 4.69) is 20.1 Å². The predicted octanol–water partition coefficient (Wildman–Crippen LogP) is 2.75. The molecule has 0 aromatic carbocycles. The van der Waals surface area contributed by atoms with Crippen LogP contribution in [0.3, 0.4) is 0 Å². The number of aryl methyl sites for hydroxylation is 2. The van der Waals surface area contributed by atoms with E-state index in [-0.39, 0.29) is 18.2 Å². The summed E-state index contributed by atoms with van der Waals surface area (Å²) in [4.78, 5) is 22.6. The second-order valence-corrected chi connectivity index (χ2v) is 5.23. The Labute approximate surface area is 142 Å². The molecule has 0 saturated carbocycles. The average Bonchev–Trinajstić information content (AvgIpc) is 3.09. The van der Waals surface area contributed by atoms with Gasteiger partial charge < -0.3 is 19.4 Å². The topological polar surface area (TPSA) is 117 Å². The normalized spacial score (nSPS) is 10.6. The largest absolute Gasteiger partial charge is 0.486 e. The maximum atomic E-state index is 11.0. The van der Waals surface area contributed by atoms with E-state index in [4.69, 9.17) is 9.26 Å². The van der Waals surface area contributed by atoms with Crippen LogP contribution in [-0.2, 0) is 6.42 Å². The van der Waals surface area contributed by atoms with Crippen LogP contribution >= 0.6 is 0 Å². The first kappa shape index (κ1) is 16.5. The Kier molecular flexibility index (Phi) is 4.93. The lowest BCUT2D eigenvalue weighted by molar-refractivity contribution is -0.390. The van der Waals surface area contributed by atoms with E-state index in [1.807, 2.05) is 0 Å². The van der Waals surface area contributed by atoms with Gasteiger partial charge in [-0.1, -0.05) is 5.16 Å². The summed E-state index contributed by atoms with van der Waals surface area (Å²) in [5.41, 5.74) is 1.39. The molecule has 0 amide bonds. The van der Waals surface area contributed by atoms with Crippen LogP contribution in [0.4, 0.5) is 5.82 Å². The smallest absolute Gasteiger partial charge is 0.406 e. The Morgan fingerprint density at radius 3 is 2.76 bits per heavy atom. The van der Waals surface area contributed by atoms with Gasteiger partial charge in [-0.15, -0.1) is 0 Å². The minimum Gasteiger partial charge on any atom is -0.486 e. The monoisotopic (exact) mass is 341 g/mol. The second-order valence-electron chi connectivity index (χ2n) is 5.23. The number of aromatic nitrogens is 4. The molecule has 0 N–H and O–H groups in total. The summed E-state index contributed by atoms with van der Waals surface area (Å²) in [5, 5.41) is 14.9. The fourth-order valence-corrected chi connectivity index (χ4v) is 2.15. The van der Waals surface area contributed by atoms with Gasteiger partial charge in [-0.3, -0.25) is 4.98 Å². The lowest BCUT2D eigenvalue weighted by atomic mass is 10.2. The summed E-state index contributed by atoms with van der Waals surface area (Å²) in [6.07, 6.45) is 4.39. The zero-order valence-corrected chi connectivity index (χ0v) is 13.5. The number of rotatable bonds is 7. The molecule has 128 valence electrons. The van der Waals surface area contributed by atoms with Crippen molar-refractivity contribution >= 4 is 5.82 Å². The van der Waals surface area contributed by atoms with Gasteiger partial charge in [0.05, 0.1) is 6.61 Å². The molecule has 9 heteroatoms. The highest BCUT2D eigenvalue weighted by Crippen LogP contribution is 2.24. The van der Waals surface area contributed by atoms with Crippen LogP contribution in [0.5, 0.6) is 5.75 Å². The third kappa shape index (κ3) is 4.14. The van der Waals surface area contributed by atoms with Crippen molar-refractivity contribution in [3.8, 4) is 17.1 Å². The fourth-order valence-electron chi connectivity index (χ4n) is 2.15. The van der Waals surface area contributed by atoms with Crippen molar-refractivity contribution in [3.63, 3.8) is 0 Å².